The Hall–Kier alpha value is -1.62. The van der Waals surface area contributed by atoms with Crippen molar-refractivity contribution in [2.45, 2.75) is 12.5 Å². The minimum Gasteiger partial charge on any atom is -0.380 e. The molecule has 15 heavy (non-hydrogen) atoms. The number of hydrogen-bond donors (Lipinski definition) is 2. The van der Waals surface area contributed by atoms with Gasteiger partial charge in [-0.3, -0.25) is 0 Å². The Balaban J connectivity index is 1.92. The first-order valence-electron chi connectivity index (χ1n) is 5.10. The molecular weight excluding hydrogens is 192 g/mol. The molecule has 1 atom stereocenters. The second-order valence-electron chi connectivity index (χ2n) is 3.74. The molecule has 0 saturated carbocycles. The summed E-state index contributed by atoms with van der Waals surface area (Å²) >= 11 is 0. The van der Waals surface area contributed by atoms with Crippen LogP contribution >= 0.6 is 0 Å². The summed E-state index contributed by atoms with van der Waals surface area (Å²) in [6.45, 7) is 2.09. The standard InChI is InChI=1S/C10H12N4O/c1-3-11-5-7(1)14-9-2-4-12-10-8(9)6-13-15-10/h2,4,6-7,11H,1,3,5H2,(H,12,14). The summed E-state index contributed by atoms with van der Waals surface area (Å²) < 4.78 is 5.01. The van der Waals surface area contributed by atoms with Gasteiger partial charge >= 0.3 is 0 Å². The number of pyridine rings is 1. The maximum Gasteiger partial charge on any atom is 0.259 e. The van der Waals surface area contributed by atoms with Gasteiger partial charge in [-0.25, -0.2) is 4.98 Å². The van der Waals surface area contributed by atoms with E-state index >= 15 is 0 Å². The number of anilines is 1. The quantitative estimate of drug-likeness (QED) is 0.764. The van der Waals surface area contributed by atoms with E-state index < -0.39 is 0 Å². The van der Waals surface area contributed by atoms with Gasteiger partial charge in [-0.1, -0.05) is 5.16 Å². The Morgan fingerprint density at radius 1 is 1.53 bits per heavy atom. The van der Waals surface area contributed by atoms with Crippen LogP contribution in [-0.4, -0.2) is 29.3 Å². The SMILES string of the molecule is c1cc(NC2CCNC2)c2cnoc2n1. The number of nitrogens with one attached hydrogen (secondary N) is 2. The first kappa shape index (κ1) is 8.67. The molecule has 1 aliphatic heterocycles. The average molecular weight is 204 g/mol. The van der Waals surface area contributed by atoms with E-state index in [1.807, 2.05) is 6.07 Å². The molecule has 0 bridgehead atoms. The molecule has 2 aromatic heterocycles. The summed E-state index contributed by atoms with van der Waals surface area (Å²) in [6, 6.07) is 2.45. The van der Waals surface area contributed by atoms with Crippen LogP contribution in [0.5, 0.6) is 0 Å². The molecule has 2 aromatic rings. The summed E-state index contributed by atoms with van der Waals surface area (Å²) in [4.78, 5) is 4.09. The van der Waals surface area contributed by atoms with E-state index in [1.54, 1.807) is 12.4 Å². The van der Waals surface area contributed by atoms with E-state index in [2.05, 4.69) is 20.8 Å². The lowest BCUT2D eigenvalue weighted by Gasteiger charge is -2.12. The van der Waals surface area contributed by atoms with E-state index in [0.717, 1.165) is 30.6 Å². The molecule has 0 aromatic carbocycles. The molecule has 0 amide bonds. The summed E-state index contributed by atoms with van der Waals surface area (Å²) in [6.07, 6.45) is 4.58. The molecule has 1 saturated heterocycles. The molecule has 78 valence electrons. The monoisotopic (exact) mass is 204 g/mol. The van der Waals surface area contributed by atoms with E-state index in [-0.39, 0.29) is 0 Å². The molecule has 0 spiro atoms. The van der Waals surface area contributed by atoms with Crippen LogP contribution in [0.2, 0.25) is 0 Å². The molecule has 1 unspecified atom stereocenters. The predicted molar refractivity (Wildman–Crippen MR) is 56.7 cm³/mol. The Morgan fingerprint density at radius 2 is 2.53 bits per heavy atom. The van der Waals surface area contributed by atoms with Gasteiger partial charge in [0.25, 0.3) is 5.71 Å². The molecule has 5 nitrogen and oxygen atoms in total. The summed E-state index contributed by atoms with van der Waals surface area (Å²) in [7, 11) is 0. The Bertz CT molecular complexity index is 461. The number of hydrogen-bond acceptors (Lipinski definition) is 5. The van der Waals surface area contributed by atoms with Crippen molar-refractivity contribution in [3.63, 3.8) is 0 Å². The van der Waals surface area contributed by atoms with Gasteiger partial charge in [0, 0.05) is 18.8 Å². The third-order valence-corrected chi connectivity index (χ3v) is 2.69. The van der Waals surface area contributed by atoms with Gasteiger partial charge in [0.2, 0.25) is 0 Å². The molecule has 1 fully saturated rings. The van der Waals surface area contributed by atoms with Crippen LogP contribution < -0.4 is 10.6 Å². The zero-order valence-electron chi connectivity index (χ0n) is 8.23. The van der Waals surface area contributed by atoms with Crippen molar-refractivity contribution in [1.29, 1.82) is 0 Å². The van der Waals surface area contributed by atoms with E-state index in [1.165, 1.54) is 0 Å². The van der Waals surface area contributed by atoms with Gasteiger partial charge < -0.3 is 15.2 Å². The van der Waals surface area contributed by atoms with Gasteiger partial charge in [0.05, 0.1) is 17.3 Å². The van der Waals surface area contributed by atoms with Gasteiger partial charge in [-0.2, -0.15) is 0 Å². The van der Waals surface area contributed by atoms with Crippen LogP contribution in [0.3, 0.4) is 0 Å². The van der Waals surface area contributed by atoms with Crippen LogP contribution in [0.15, 0.2) is 23.0 Å². The van der Waals surface area contributed by atoms with Crippen LogP contribution in [0.25, 0.3) is 11.1 Å². The Labute approximate surface area is 86.9 Å². The molecule has 3 heterocycles. The number of aromatic nitrogens is 2. The Kier molecular flexibility index (Phi) is 2.03. The Morgan fingerprint density at radius 3 is 3.40 bits per heavy atom. The predicted octanol–water partition coefficient (Wildman–Crippen LogP) is 0.997. The van der Waals surface area contributed by atoms with Crippen LogP contribution in [-0.2, 0) is 0 Å². The molecule has 3 rings (SSSR count). The minimum absolute atomic E-state index is 0.491. The average Bonchev–Trinajstić information content (AvgIpc) is 2.87. The second-order valence-corrected chi connectivity index (χ2v) is 3.74. The van der Waals surface area contributed by atoms with E-state index in [0.29, 0.717) is 11.8 Å². The number of rotatable bonds is 2. The maximum atomic E-state index is 5.01. The highest BCUT2D eigenvalue weighted by Crippen LogP contribution is 2.22. The third-order valence-electron chi connectivity index (χ3n) is 2.69. The maximum absolute atomic E-state index is 5.01. The molecular formula is C10H12N4O. The third kappa shape index (κ3) is 1.55. The molecule has 0 radical (unpaired) electrons. The van der Waals surface area contributed by atoms with E-state index in [4.69, 9.17) is 4.52 Å². The summed E-state index contributed by atoms with van der Waals surface area (Å²) in [5.41, 5.74) is 1.64. The number of nitrogens with zero attached hydrogens (tertiary/aromatic N) is 2. The summed E-state index contributed by atoms with van der Waals surface area (Å²) in [5, 5.41) is 11.5. The first-order valence-corrected chi connectivity index (χ1v) is 5.10. The van der Waals surface area contributed by atoms with Crippen molar-refractivity contribution < 1.29 is 4.52 Å². The van der Waals surface area contributed by atoms with Crippen molar-refractivity contribution in [3.8, 4) is 0 Å². The van der Waals surface area contributed by atoms with Gasteiger partial charge in [-0.15, -0.1) is 0 Å². The van der Waals surface area contributed by atoms with Crippen LogP contribution in [0, 0.1) is 0 Å². The number of fused-ring (bicyclic) bond motifs is 1. The van der Waals surface area contributed by atoms with E-state index in [9.17, 15) is 0 Å². The van der Waals surface area contributed by atoms with Gasteiger partial charge in [0.15, 0.2) is 0 Å². The normalized spacial score (nSPS) is 20.9. The van der Waals surface area contributed by atoms with Crippen molar-refractivity contribution in [3.05, 3.63) is 18.5 Å². The van der Waals surface area contributed by atoms with Crippen LogP contribution in [0.4, 0.5) is 5.69 Å². The van der Waals surface area contributed by atoms with Gasteiger partial charge in [-0.05, 0) is 19.0 Å². The highest BCUT2D eigenvalue weighted by atomic mass is 16.5. The fraction of sp³-hybridized carbons (Fsp3) is 0.400. The summed E-state index contributed by atoms with van der Waals surface area (Å²) in [5.74, 6) is 0. The smallest absolute Gasteiger partial charge is 0.259 e. The molecule has 2 N–H and O–H groups in total. The topological polar surface area (TPSA) is 63.0 Å². The second kappa shape index (κ2) is 3.51. The van der Waals surface area contributed by atoms with Crippen LogP contribution in [0.1, 0.15) is 6.42 Å². The van der Waals surface area contributed by atoms with Crippen molar-refractivity contribution in [1.82, 2.24) is 15.5 Å². The first-order chi connectivity index (χ1) is 7.43. The molecule has 0 aliphatic carbocycles. The highest BCUT2D eigenvalue weighted by molar-refractivity contribution is 5.86. The minimum atomic E-state index is 0.491. The zero-order chi connectivity index (χ0) is 10.1. The highest BCUT2D eigenvalue weighted by Gasteiger charge is 2.15. The molecule has 5 heteroatoms. The van der Waals surface area contributed by atoms with Crippen molar-refractivity contribution >= 4 is 16.8 Å². The van der Waals surface area contributed by atoms with Crippen molar-refractivity contribution in [2.24, 2.45) is 0 Å². The fourth-order valence-electron chi connectivity index (χ4n) is 1.90. The van der Waals surface area contributed by atoms with Crippen molar-refractivity contribution in [2.75, 3.05) is 18.4 Å². The fourth-order valence-corrected chi connectivity index (χ4v) is 1.90. The molecule has 1 aliphatic rings. The lowest BCUT2D eigenvalue weighted by atomic mass is 10.2. The largest absolute Gasteiger partial charge is 0.380 e. The lowest BCUT2D eigenvalue weighted by Crippen LogP contribution is -2.22. The lowest BCUT2D eigenvalue weighted by molar-refractivity contribution is 0.448. The zero-order valence-corrected chi connectivity index (χ0v) is 8.23. The van der Waals surface area contributed by atoms with Gasteiger partial charge in [0.1, 0.15) is 0 Å².